The van der Waals surface area contributed by atoms with E-state index in [0.29, 0.717) is 19.3 Å². The van der Waals surface area contributed by atoms with Crippen LogP contribution >= 0.6 is 0 Å². The van der Waals surface area contributed by atoms with E-state index in [1.165, 1.54) is 116 Å². The van der Waals surface area contributed by atoms with Crippen LogP contribution < -0.4 is 5.32 Å². The molecule has 1 aliphatic heterocycles. The fourth-order valence-corrected chi connectivity index (χ4v) is 7.91. The van der Waals surface area contributed by atoms with Gasteiger partial charge in [0.25, 0.3) is 0 Å². The topological polar surface area (TPSA) is 189 Å². The van der Waals surface area contributed by atoms with Crippen LogP contribution in [0, 0.1) is 0 Å². The van der Waals surface area contributed by atoms with Crippen molar-refractivity contribution in [3.63, 3.8) is 0 Å². The summed E-state index contributed by atoms with van der Waals surface area (Å²) in [6, 6.07) is -1.19. The van der Waals surface area contributed by atoms with Crippen molar-refractivity contribution in [1.82, 2.24) is 5.32 Å². The van der Waals surface area contributed by atoms with E-state index >= 15 is 0 Å². The number of aliphatic hydroxyl groups excluding tert-OH is 7. The van der Waals surface area contributed by atoms with Crippen LogP contribution in [0.3, 0.4) is 0 Å². The van der Waals surface area contributed by atoms with Crippen LogP contribution in [-0.2, 0) is 14.3 Å². The number of allylic oxidation sites excluding steroid dienone is 6. The first-order chi connectivity index (χ1) is 30.2. The number of amides is 1. The summed E-state index contributed by atoms with van der Waals surface area (Å²) in [6.07, 6.45) is 36.5. The first-order valence-corrected chi connectivity index (χ1v) is 25.4. The van der Waals surface area contributed by atoms with Crippen molar-refractivity contribution in [2.24, 2.45) is 0 Å². The van der Waals surface area contributed by atoms with Crippen LogP contribution in [0.2, 0.25) is 0 Å². The molecule has 62 heavy (non-hydrogen) atoms. The van der Waals surface area contributed by atoms with E-state index < -0.39 is 74.2 Å². The summed E-state index contributed by atoms with van der Waals surface area (Å²) in [7, 11) is 0. The molecule has 0 aromatic carbocycles. The van der Waals surface area contributed by atoms with E-state index in [2.05, 4.69) is 55.6 Å². The Balaban J connectivity index is 2.36. The van der Waals surface area contributed by atoms with Gasteiger partial charge >= 0.3 is 0 Å². The van der Waals surface area contributed by atoms with Gasteiger partial charge in [0.2, 0.25) is 5.91 Å². The highest BCUT2D eigenvalue weighted by atomic mass is 16.7. The Labute approximate surface area is 377 Å². The lowest BCUT2D eigenvalue weighted by molar-refractivity contribution is -0.303. The SMILES string of the molecule is CCCC/C=C\CCCCCCC(O)C(=O)NC(COC1OC(CO)C(O)C(O)C1O)C(O)C(O)CCC/C=C/CC/C=C/CCCCCCCCCCCCCCCCCC. The summed E-state index contributed by atoms with van der Waals surface area (Å²) in [5.74, 6) is -0.723. The van der Waals surface area contributed by atoms with Gasteiger partial charge in [-0.3, -0.25) is 4.79 Å². The molecule has 1 amide bonds. The zero-order valence-corrected chi connectivity index (χ0v) is 39.4. The number of nitrogens with one attached hydrogen (secondary N) is 1. The Morgan fingerprint density at radius 2 is 0.984 bits per heavy atom. The summed E-state index contributed by atoms with van der Waals surface area (Å²) >= 11 is 0. The van der Waals surface area contributed by atoms with Crippen LogP contribution in [0.4, 0.5) is 0 Å². The molecular formula is C51H95NO10. The summed E-state index contributed by atoms with van der Waals surface area (Å²) < 4.78 is 11.1. The number of unbranched alkanes of at least 4 members (excludes halogenated alkanes) is 24. The Bertz CT molecular complexity index is 1100. The Hall–Kier alpha value is -1.67. The molecule has 9 unspecified atom stereocenters. The predicted molar refractivity (Wildman–Crippen MR) is 252 cm³/mol. The van der Waals surface area contributed by atoms with E-state index in [1.807, 2.05) is 0 Å². The molecule has 1 rings (SSSR count). The first-order valence-electron chi connectivity index (χ1n) is 25.4. The molecule has 0 spiro atoms. The fraction of sp³-hybridized carbons (Fsp3) is 0.863. The highest BCUT2D eigenvalue weighted by molar-refractivity contribution is 5.80. The van der Waals surface area contributed by atoms with Gasteiger partial charge in [0.05, 0.1) is 25.4 Å². The van der Waals surface area contributed by atoms with E-state index in [0.717, 1.165) is 51.4 Å². The molecule has 1 fully saturated rings. The maximum atomic E-state index is 13.0. The van der Waals surface area contributed by atoms with Gasteiger partial charge in [0, 0.05) is 0 Å². The molecule has 0 radical (unpaired) electrons. The third kappa shape index (κ3) is 29.7. The minimum atomic E-state index is -1.67. The van der Waals surface area contributed by atoms with Gasteiger partial charge < -0.3 is 50.5 Å². The monoisotopic (exact) mass is 882 g/mol. The second-order valence-corrected chi connectivity index (χ2v) is 17.9. The lowest BCUT2D eigenvalue weighted by Gasteiger charge is -2.40. The summed E-state index contributed by atoms with van der Waals surface area (Å²) in [4.78, 5) is 13.0. The van der Waals surface area contributed by atoms with Crippen molar-refractivity contribution in [2.45, 2.75) is 268 Å². The maximum absolute atomic E-state index is 13.0. The number of carbonyl (C=O) groups is 1. The summed E-state index contributed by atoms with van der Waals surface area (Å²) in [5, 5.41) is 75.6. The normalized spacial score (nSPS) is 21.6. The van der Waals surface area contributed by atoms with E-state index in [4.69, 9.17) is 9.47 Å². The van der Waals surface area contributed by atoms with Crippen LogP contribution in [0.5, 0.6) is 0 Å². The van der Waals surface area contributed by atoms with Crippen molar-refractivity contribution < 1.29 is 50.0 Å². The minimum absolute atomic E-state index is 0.235. The van der Waals surface area contributed by atoms with Crippen molar-refractivity contribution in [2.75, 3.05) is 13.2 Å². The van der Waals surface area contributed by atoms with Crippen LogP contribution in [-0.4, -0.2) is 110 Å². The Kier molecular flexibility index (Phi) is 38.4. The van der Waals surface area contributed by atoms with Crippen molar-refractivity contribution in [1.29, 1.82) is 0 Å². The van der Waals surface area contributed by atoms with Gasteiger partial charge in [0.15, 0.2) is 6.29 Å². The minimum Gasteiger partial charge on any atom is -0.394 e. The van der Waals surface area contributed by atoms with Crippen molar-refractivity contribution in [3.8, 4) is 0 Å². The summed E-state index contributed by atoms with van der Waals surface area (Å²) in [5.41, 5.74) is 0. The Morgan fingerprint density at radius 1 is 0.548 bits per heavy atom. The third-order valence-corrected chi connectivity index (χ3v) is 12.1. The second-order valence-electron chi connectivity index (χ2n) is 17.9. The van der Waals surface area contributed by atoms with Crippen LogP contribution in [0.1, 0.15) is 213 Å². The number of hydrogen-bond donors (Lipinski definition) is 8. The highest BCUT2D eigenvalue weighted by Crippen LogP contribution is 2.23. The molecule has 0 aliphatic carbocycles. The van der Waals surface area contributed by atoms with Gasteiger partial charge in [-0.25, -0.2) is 0 Å². The Morgan fingerprint density at radius 3 is 1.48 bits per heavy atom. The predicted octanol–water partition coefficient (Wildman–Crippen LogP) is 9.17. The van der Waals surface area contributed by atoms with Gasteiger partial charge in [-0.15, -0.1) is 0 Å². The summed E-state index contributed by atoms with van der Waals surface area (Å²) in [6.45, 7) is 3.37. The molecule has 0 aromatic heterocycles. The van der Waals surface area contributed by atoms with E-state index in [1.54, 1.807) is 0 Å². The fourth-order valence-electron chi connectivity index (χ4n) is 7.91. The molecule has 11 heteroatoms. The van der Waals surface area contributed by atoms with Gasteiger partial charge in [-0.2, -0.15) is 0 Å². The molecule has 364 valence electrons. The first kappa shape index (κ1) is 58.3. The van der Waals surface area contributed by atoms with Crippen LogP contribution in [0.15, 0.2) is 36.5 Å². The van der Waals surface area contributed by atoms with Crippen molar-refractivity contribution >= 4 is 5.91 Å². The lowest BCUT2D eigenvalue weighted by atomic mass is 9.98. The number of carbonyl (C=O) groups excluding carboxylic acids is 1. The highest BCUT2D eigenvalue weighted by Gasteiger charge is 2.44. The zero-order valence-electron chi connectivity index (χ0n) is 39.4. The van der Waals surface area contributed by atoms with E-state index in [9.17, 15) is 40.5 Å². The van der Waals surface area contributed by atoms with Gasteiger partial charge in [-0.05, 0) is 70.6 Å². The van der Waals surface area contributed by atoms with Crippen molar-refractivity contribution in [3.05, 3.63) is 36.5 Å². The molecule has 1 aliphatic rings. The number of hydrogen-bond acceptors (Lipinski definition) is 10. The van der Waals surface area contributed by atoms with Crippen LogP contribution in [0.25, 0.3) is 0 Å². The average Bonchev–Trinajstić information content (AvgIpc) is 3.27. The molecule has 9 atom stereocenters. The molecule has 1 heterocycles. The third-order valence-electron chi connectivity index (χ3n) is 12.1. The molecule has 1 saturated heterocycles. The molecular weight excluding hydrogens is 787 g/mol. The molecule has 0 bridgehead atoms. The zero-order chi connectivity index (χ0) is 45.5. The number of rotatable bonds is 42. The molecule has 0 aromatic rings. The molecule has 11 nitrogen and oxygen atoms in total. The molecule has 0 saturated carbocycles. The van der Waals surface area contributed by atoms with Gasteiger partial charge in [0.1, 0.15) is 36.6 Å². The second kappa shape index (κ2) is 40.8. The molecule has 8 N–H and O–H groups in total. The van der Waals surface area contributed by atoms with Gasteiger partial charge in [-0.1, -0.05) is 179 Å². The average molecular weight is 882 g/mol. The maximum Gasteiger partial charge on any atom is 0.249 e. The van der Waals surface area contributed by atoms with E-state index in [-0.39, 0.29) is 12.8 Å². The number of ether oxygens (including phenoxy) is 2. The lowest BCUT2D eigenvalue weighted by Crippen LogP contribution is -2.60. The standard InChI is InChI=1S/C51H95NO10/c1-3-5-7-9-11-13-15-16-17-18-19-20-21-22-23-24-25-26-27-28-29-31-32-34-36-38-43(54)46(56)42(41-61-51-49(59)48(58)47(57)45(40-53)62-51)52-50(60)44(55)39-37-35-33-30-14-12-10-8-6-4-2/h10,12,26-27,31-32,42-49,51,53-59H,3-9,11,13-25,28-30,33-41H2,1-2H3,(H,52,60)/b12-10-,27-26+,32-31+. The number of aliphatic hydroxyl groups is 7. The smallest absolute Gasteiger partial charge is 0.249 e. The quantitative estimate of drug-likeness (QED) is 0.0217. The largest absolute Gasteiger partial charge is 0.394 e.